The molecule has 0 aliphatic heterocycles. The molecule has 0 bridgehead atoms. The Hall–Kier alpha value is -3.17. The smallest absolute Gasteiger partial charge is 0.414 e. The topological polar surface area (TPSA) is 117 Å². The van der Waals surface area contributed by atoms with Crippen molar-refractivity contribution in [2.24, 2.45) is 0 Å². The first-order chi connectivity index (χ1) is 13.6. The summed E-state index contributed by atoms with van der Waals surface area (Å²) < 4.78 is 27.1. The average molecular weight is 418 g/mol. The Labute approximate surface area is 168 Å². The van der Waals surface area contributed by atoms with E-state index in [1.807, 2.05) is 38.4 Å². The first-order valence-corrected chi connectivity index (χ1v) is 10.1. The minimum Gasteiger partial charge on any atom is -0.473 e. The van der Waals surface area contributed by atoms with Crippen molar-refractivity contribution in [2.75, 3.05) is 20.6 Å². The molecule has 154 valence electrons. The summed E-state index contributed by atoms with van der Waals surface area (Å²) in [5, 5.41) is 15.8. The lowest BCUT2D eigenvalue weighted by Crippen LogP contribution is -2.15. The molecular weight excluding hydrogens is 396 g/mol. The van der Waals surface area contributed by atoms with Gasteiger partial charge in [-0.2, -0.15) is 0 Å². The lowest BCUT2D eigenvalue weighted by Gasteiger charge is -2.11. The summed E-state index contributed by atoms with van der Waals surface area (Å²) in [6.07, 6.45) is 2.53. The molecule has 0 aliphatic rings. The van der Waals surface area contributed by atoms with Gasteiger partial charge in [0.1, 0.15) is 0 Å². The second-order valence-corrected chi connectivity index (χ2v) is 8.26. The Morgan fingerprint density at radius 3 is 2.10 bits per heavy atom. The number of fused-ring (bicyclic) bond motifs is 1. The fourth-order valence-electron chi connectivity index (χ4n) is 2.68. The third-order valence-electron chi connectivity index (χ3n) is 4.10. The largest absolute Gasteiger partial charge is 0.473 e. The standard InChI is InChI=1S/C18H20N2O2S.C2H2O4/c1-19(2)13-11-15-7-6-10-18-17(15)12-14-20(18)23(21,22)16-8-4-3-5-9-16;3-1(4)2(5)6/h3-10,12,14H,11,13H2,1-2H3;(H,3,4)(H,5,6). The van der Waals surface area contributed by atoms with Crippen molar-refractivity contribution in [1.29, 1.82) is 0 Å². The Morgan fingerprint density at radius 2 is 1.55 bits per heavy atom. The molecule has 0 saturated heterocycles. The molecule has 9 heteroatoms. The average Bonchev–Trinajstić information content (AvgIpc) is 3.13. The molecule has 0 spiro atoms. The Bertz CT molecular complexity index is 1090. The van der Waals surface area contributed by atoms with Crippen LogP contribution in [0.3, 0.4) is 0 Å². The van der Waals surface area contributed by atoms with Crippen molar-refractivity contribution in [3.8, 4) is 0 Å². The van der Waals surface area contributed by atoms with Gasteiger partial charge < -0.3 is 15.1 Å². The van der Waals surface area contributed by atoms with Crippen LogP contribution in [-0.2, 0) is 26.0 Å². The Kier molecular flexibility index (Phi) is 7.13. The monoisotopic (exact) mass is 418 g/mol. The number of carbonyl (C=O) groups is 2. The van der Waals surface area contributed by atoms with Crippen LogP contribution >= 0.6 is 0 Å². The van der Waals surface area contributed by atoms with Crippen LogP contribution in [0.15, 0.2) is 65.7 Å². The van der Waals surface area contributed by atoms with E-state index in [1.54, 1.807) is 30.5 Å². The normalized spacial score (nSPS) is 11.1. The van der Waals surface area contributed by atoms with Crippen LogP contribution in [-0.4, -0.2) is 60.1 Å². The zero-order valence-electron chi connectivity index (χ0n) is 16.0. The highest BCUT2D eigenvalue weighted by Gasteiger charge is 2.19. The van der Waals surface area contributed by atoms with Gasteiger partial charge in [-0.3, -0.25) is 0 Å². The van der Waals surface area contributed by atoms with E-state index in [2.05, 4.69) is 11.0 Å². The van der Waals surface area contributed by atoms with E-state index in [-0.39, 0.29) is 0 Å². The number of benzene rings is 2. The zero-order chi connectivity index (χ0) is 21.6. The predicted molar refractivity (Wildman–Crippen MR) is 108 cm³/mol. The first kappa shape index (κ1) is 22.1. The van der Waals surface area contributed by atoms with Gasteiger partial charge in [0, 0.05) is 18.1 Å². The molecule has 3 rings (SSSR count). The summed E-state index contributed by atoms with van der Waals surface area (Å²) in [5.74, 6) is -3.65. The van der Waals surface area contributed by atoms with Crippen LogP contribution in [0.2, 0.25) is 0 Å². The van der Waals surface area contributed by atoms with Crippen molar-refractivity contribution in [3.63, 3.8) is 0 Å². The number of hydrogen-bond donors (Lipinski definition) is 2. The third-order valence-corrected chi connectivity index (χ3v) is 5.80. The predicted octanol–water partition coefficient (Wildman–Crippen LogP) is 2.14. The Morgan fingerprint density at radius 1 is 0.931 bits per heavy atom. The Balaban J connectivity index is 0.000000438. The molecule has 8 nitrogen and oxygen atoms in total. The van der Waals surface area contributed by atoms with Gasteiger partial charge in [-0.15, -0.1) is 0 Å². The van der Waals surface area contributed by atoms with Crippen LogP contribution in [0.1, 0.15) is 5.56 Å². The minimum absolute atomic E-state index is 0.302. The molecule has 0 amide bonds. The molecule has 2 N–H and O–H groups in total. The van der Waals surface area contributed by atoms with Crippen molar-refractivity contribution in [2.45, 2.75) is 11.3 Å². The van der Waals surface area contributed by atoms with Crippen molar-refractivity contribution in [1.82, 2.24) is 8.87 Å². The van der Waals surface area contributed by atoms with Gasteiger partial charge in [-0.25, -0.2) is 22.0 Å². The molecule has 0 saturated carbocycles. The highest BCUT2D eigenvalue weighted by molar-refractivity contribution is 7.90. The van der Waals surface area contributed by atoms with Crippen LogP contribution < -0.4 is 0 Å². The van der Waals surface area contributed by atoms with Gasteiger partial charge in [-0.05, 0) is 50.3 Å². The van der Waals surface area contributed by atoms with Gasteiger partial charge >= 0.3 is 11.9 Å². The molecular formula is C20H22N2O6S. The number of aliphatic carboxylic acids is 2. The maximum Gasteiger partial charge on any atom is 0.414 e. The van der Waals surface area contributed by atoms with Gasteiger partial charge in [0.15, 0.2) is 0 Å². The number of hydrogen-bond acceptors (Lipinski definition) is 5. The lowest BCUT2D eigenvalue weighted by molar-refractivity contribution is -0.159. The number of aromatic nitrogens is 1. The maximum absolute atomic E-state index is 12.8. The number of carboxylic acids is 2. The van der Waals surface area contributed by atoms with E-state index < -0.39 is 22.0 Å². The minimum atomic E-state index is -3.56. The van der Waals surface area contributed by atoms with E-state index >= 15 is 0 Å². The van der Waals surface area contributed by atoms with Crippen molar-refractivity contribution in [3.05, 3.63) is 66.4 Å². The van der Waals surface area contributed by atoms with E-state index in [0.29, 0.717) is 4.90 Å². The van der Waals surface area contributed by atoms with Crippen molar-refractivity contribution < 1.29 is 28.2 Å². The molecule has 1 heterocycles. The second-order valence-electron chi connectivity index (χ2n) is 6.44. The highest BCUT2D eigenvalue weighted by Crippen LogP contribution is 2.25. The van der Waals surface area contributed by atoms with E-state index in [1.165, 1.54) is 9.54 Å². The van der Waals surface area contributed by atoms with Crippen LogP contribution in [0.4, 0.5) is 0 Å². The van der Waals surface area contributed by atoms with Crippen molar-refractivity contribution >= 4 is 32.9 Å². The molecule has 0 unspecified atom stereocenters. The van der Waals surface area contributed by atoms with E-state index in [4.69, 9.17) is 19.8 Å². The maximum atomic E-state index is 12.8. The summed E-state index contributed by atoms with van der Waals surface area (Å²) in [7, 11) is 0.502. The number of carboxylic acid groups (broad SMARTS) is 2. The number of nitrogens with zero attached hydrogens (tertiary/aromatic N) is 2. The van der Waals surface area contributed by atoms with Crippen LogP contribution in [0, 0.1) is 0 Å². The quantitative estimate of drug-likeness (QED) is 0.610. The first-order valence-electron chi connectivity index (χ1n) is 8.65. The molecule has 2 aromatic carbocycles. The molecule has 0 fully saturated rings. The SMILES string of the molecule is CN(C)CCc1cccc2c1ccn2S(=O)(=O)c1ccccc1.O=C(O)C(=O)O. The molecule has 3 aromatic rings. The van der Waals surface area contributed by atoms with Gasteiger partial charge in [-0.1, -0.05) is 30.3 Å². The fourth-order valence-corrected chi connectivity index (χ4v) is 4.05. The van der Waals surface area contributed by atoms with E-state index in [9.17, 15) is 8.42 Å². The summed E-state index contributed by atoms with van der Waals surface area (Å²) in [4.78, 5) is 20.6. The van der Waals surface area contributed by atoms with E-state index in [0.717, 1.165) is 23.9 Å². The highest BCUT2D eigenvalue weighted by atomic mass is 32.2. The fraction of sp³-hybridized carbons (Fsp3) is 0.200. The summed E-state index contributed by atoms with van der Waals surface area (Å²) >= 11 is 0. The summed E-state index contributed by atoms with van der Waals surface area (Å²) in [5.41, 5.74) is 1.89. The number of rotatable bonds is 5. The van der Waals surface area contributed by atoms with Gasteiger partial charge in [0.05, 0.1) is 10.4 Å². The molecule has 1 aromatic heterocycles. The summed E-state index contributed by atoms with van der Waals surface area (Å²) in [6.45, 7) is 0.926. The molecule has 0 aliphatic carbocycles. The molecule has 0 atom stereocenters. The third kappa shape index (κ3) is 5.43. The zero-order valence-corrected chi connectivity index (χ0v) is 16.8. The molecule has 29 heavy (non-hydrogen) atoms. The lowest BCUT2D eigenvalue weighted by atomic mass is 10.1. The van der Waals surface area contributed by atoms with Gasteiger partial charge in [0.2, 0.25) is 0 Å². The van der Waals surface area contributed by atoms with Gasteiger partial charge in [0.25, 0.3) is 10.0 Å². The molecule has 0 radical (unpaired) electrons. The second kappa shape index (κ2) is 9.35. The van der Waals surface area contributed by atoms with Crippen LogP contribution in [0.25, 0.3) is 10.9 Å². The number of likely N-dealkylation sites (N-methyl/N-ethyl adjacent to an activating group) is 1. The van der Waals surface area contributed by atoms with Crippen LogP contribution in [0.5, 0.6) is 0 Å². The summed E-state index contributed by atoms with van der Waals surface area (Å²) in [6, 6.07) is 16.3.